The standard InChI is InChI=1S/C11H13F2NO3/c1-16-5-2-6-17-11(15)9-7(12)3-4-8(14)10(9)13/h3-4H,2,5-6,14H2,1H3. The zero-order valence-electron chi connectivity index (χ0n) is 9.33. The van der Waals surface area contributed by atoms with Crippen molar-refractivity contribution in [2.45, 2.75) is 6.42 Å². The van der Waals surface area contributed by atoms with Gasteiger partial charge in [-0.25, -0.2) is 13.6 Å². The highest BCUT2D eigenvalue weighted by molar-refractivity contribution is 5.91. The first kappa shape index (κ1) is 13.4. The smallest absolute Gasteiger partial charge is 0.344 e. The minimum Gasteiger partial charge on any atom is -0.462 e. The number of carbonyl (C=O) groups is 1. The summed E-state index contributed by atoms with van der Waals surface area (Å²) in [7, 11) is 1.50. The number of rotatable bonds is 5. The predicted octanol–water partition coefficient (Wildman–Crippen LogP) is 1.74. The minimum atomic E-state index is -1.10. The molecule has 6 heteroatoms. The molecule has 17 heavy (non-hydrogen) atoms. The lowest BCUT2D eigenvalue weighted by Crippen LogP contribution is -2.13. The van der Waals surface area contributed by atoms with Gasteiger partial charge in [0.25, 0.3) is 0 Å². The molecule has 0 bridgehead atoms. The van der Waals surface area contributed by atoms with Crippen LogP contribution < -0.4 is 5.73 Å². The summed E-state index contributed by atoms with van der Waals surface area (Å²) in [6, 6.07) is 1.97. The number of hydrogen-bond acceptors (Lipinski definition) is 4. The molecule has 1 rings (SSSR count). The molecule has 4 nitrogen and oxygen atoms in total. The Morgan fingerprint density at radius 3 is 2.71 bits per heavy atom. The molecule has 0 aromatic heterocycles. The van der Waals surface area contributed by atoms with Crippen molar-refractivity contribution in [3.63, 3.8) is 0 Å². The number of benzene rings is 1. The third-order valence-electron chi connectivity index (χ3n) is 2.05. The SMILES string of the molecule is COCCCOC(=O)c1c(F)ccc(N)c1F. The molecule has 94 valence electrons. The Morgan fingerprint density at radius 1 is 1.35 bits per heavy atom. The molecule has 0 unspecified atom stereocenters. The van der Waals surface area contributed by atoms with Gasteiger partial charge >= 0.3 is 5.97 Å². The molecule has 0 atom stereocenters. The van der Waals surface area contributed by atoms with E-state index < -0.39 is 23.2 Å². The summed E-state index contributed by atoms with van der Waals surface area (Å²) in [5.41, 5.74) is 4.18. The van der Waals surface area contributed by atoms with Gasteiger partial charge in [-0.15, -0.1) is 0 Å². The second kappa shape index (κ2) is 6.15. The van der Waals surface area contributed by atoms with Gasteiger partial charge in [0, 0.05) is 20.1 Å². The number of carbonyl (C=O) groups excluding carboxylic acids is 1. The molecule has 1 aromatic rings. The van der Waals surface area contributed by atoms with Gasteiger partial charge in [-0.1, -0.05) is 0 Å². The molecule has 2 N–H and O–H groups in total. The highest BCUT2D eigenvalue weighted by Gasteiger charge is 2.20. The number of hydrogen-bond donors (Lipinski definition) is 1. The molecule has 0 saturated carbocycles. The molecule has 0 radical (unpaired) electrons. The van der Waals surface area contributed by atoms with Gasteiger partial charge in [0.05, 0.1) is 12.3 Å². The summed E-state index contributed by atoms with van der Waals surface area (Å²) >= 11 is 0. The molecule has 0 amide bonds. The van der Waals surface area contributed by atoms with Crippen LogP contribution in [0.3, 0.4) is 0 Å². The second-order valence-electron chi connectivity index (χ2n) is 3.31. The number of esters is 1. The highest BCUT2D eigenvalue weighted by atomic mass is 19.1. The molecule has 0 aliphatic carbocycles. The number of nitrogen functional groups attached to an aromatic ring is 1. The first-order valence-electron chi connectivity index (χ1n) is 4.97. The van der Waals surface area contributed by atoms with Gasteiger partial charge < -0.3 is 15.2 Å². The van der Waals surface area contributed by atoms with Gasteiger partial charge in [0.2, 0.25) is 0 Å². The predicted molar refractivity (Wildman–Crippen MR) is 57.5 cm³/mol. The lowest BCUT2D eigenvalue weighted by molar-refractivity contribution is 0.0458. The first-order valence-corrected chi connectivity index (χ1v) is 4.97. The van der Waals surface area contributed by atoms with E-state index >= 15 is 0 Å². The molecule has 0 heterocycles. The summed E-state index contributed by atoms with van der Waals surface area (Å²) in [6.45, 7) is 0.426. The Labute approximate surface area is 97.3 Å². The first-order chi connectivity index (χ1) is 8.07. The molecule has 0 fully saturated rings. The van der Waals surface area contributed by atoms with E-state index in [9.17, 15) is 13.6 Å². The van der Waals surface area contributed by atoms with Crippen molar-refractivity contribution >= 4 is 11.7 Å². The third kappa shape index (κ3) is 3.39. The van der Waals surface area contributed by atoms with E-state index in [0.29, 0.717) is 13.0 Å². The summed E-state index contributed by atoms with van der Waals surface area (Å²) in [5, 5.41) is 0. The summed E-state index contributed by atoms with van der Waals surface area (Å²) in [5.74, 6) is -3.15. The zero-order chi connectivity index (χ0) is 12.8. The zero-order valence-corrected chi connectivity index (χ0v) is 9.33. The third-order valence-corrected chi connectivity index (χ3v) is 2.05. The number of nitrogens with two attached hydrogens (primary N) is 1. The van der Waals surface area contributed by atoms with Gasteiger partial charge in [-0.3, -0.25) is 0 Å². The maximum atomic E-state index is 13.4. The van der Waals surface area contributed by atoms with Crippen LogP contribution in [0.15, 0.2) is 12.1 Å². The summed E-state index contributed by atoms with van der Waals surface area (Å²) in [6.07, 6.45) is 0.452. The molecular formula is C11H13F2NO3. The number of methoxy groups -OCH3 is 1. The van der Waals surface area contributed by atoms with Crippen molar-refractivity contribution in [2.75, 3.05) is 26.1 Å². The fraction of sp³-hybridized carbons (Fsp3) is 0.364. The maximum Gasteiger partial charge on any atom is 0.344 e. The van der Waals surface area contributed by atoms with E-state index in [0.717, 1.165) is 12.1 Å². The van der Waals surface area contributed by atoms with Crippen LogP contribution in [-0.2, 0) is 9.47 Å². The number of halogens is 2. The Bertz CT molecular complexity index is 410. The Hall–Kier alpha value is -1.69. The monoisotopic (exact) mass is 245 g/mol. The lowest BCUT2D eigenvalue weighted by Gasteiger charge is -2.07. The lowest BCUT2D eigenvalue weighted by atomic mass is 10.1. The Balaban J connectivity index is 2.72. The van der Waals surface area contributed by atoms with Crippen LogP contribution in [0.5, 0.6) is 0 Å². The van der Waals surface area contributed by atoms with Crippen molar-refractivity contribution in [3.05, 3.63) is 29.3 Å². The van der Waals surface area contributed by atoms with Crippen LogP contribution in [0, 0.1) is 11.6 Å². The fourth-order valence-electron chi connectivity index (χ4n) is 1.20. The summed E-state index contributed by atoms with van der Waals surface area (Å²) in [4.78, 5) is 11.4. The van der Waals surface area contributed by atoms with Gasteiger partial charge in [-0.2, -0.15) is 0 Å². The normalized spacial score (nSPS) is 10.3. The Morgan fingerprint density at radius 2 is 2.06 bits per heavy atom. The Kier molecular flexibility index (Phi) is 4.84. The number of anilines is 1. The minimum absolute atomic E-state index is 0.0281. The van der Waals surface area contributed by atoms with E-state index in [2.05, 4.69) is 0 Å². The van der Waals surface area contributed by atoms with Gasteiger partial charge in [0.15, 0.2) is 5.82 Å². The van der Waals surface area contributed by atoms with Crippen molar-refractivity contribution in [1.82, 2.24) is 0 Å². The second-order valence-corrected chi connectivity index (χ2v) is 3.31. The van der Waals surface area contributed by atoms with E-state index in [1.807, 2.05) is 0 Å². The molecule has 0 aliphatic rings. The molecule has 0 aliphatic heterocycles. The van der Waals surface area contributed by atoms with E-state index in [4.69, 9.17) is 15.2 Å². The summed E-state index contributed by atoms with van der Waals surface area (Å²) < 4.78 is 36.1. The van der Waals surface area contributed by atoms with Crippen LogP contribution in [0.1, 0.15) is 16.8 Å². The van der Waals surface area contributed by atoms with Crippen LogP contribution in [0.2, 0.25) is 0 Å². The molecule has 0 saturated heterocycles. The van der Waals surface area contributed by atoms with Crippen molar-refractivity contribution < 1.29 is 23.0 Å². The van der Waals surface area contributed by atoms with Crippen LogP contribution in [0.4, 0.5) is 14.5 Å². The van der Waals surface area contributed by atoms with E-state index in [-0.39, 0.29) is 12.3 Å². The quantitative estimate of drug-likeness (QED) is 0.487. The van der Waals surface area contributed by atoms with Gasteiger partial charge in [-0.05, 0) is 12.1 Å². The molecule has 0 spiro atoms. The highest BCUT2D eigenvalue weighted by Crippen LogP contribution is 2.19. The largest absolute Gasteiger partial charge is 0.462 e. The van der Waals surface area contributed by atoms with Crippen LogP contribution in [-0.4, -0.2) is 26.3 Å². The van der Waals surface area contributed by atoms with E-state index in [1.54, 1.807) is 0 Å². The van der Waals surface area contributed by atoms with Crippen LogP contribution >= 0.6 is 0 Å². The number of ether oxygens (including phenoxy) is 2. The average Bonchev–Trinajstić information content (AvgIpc) is 2.30. The van der Waals surface area contributed by atoms with Gasteiger partial charge in [0.1, 0.15) is 11.4 Å². The fourth-order valence-corrected chi connectivity index (χ4v) is 1.20. The van der Waals surface area contributed by atoms with Crippen molar-refractivity contribution in [2.24, 2.45) is 0 Å². The molecular weight excluding hydrogens is 232 g/mol. The van der Waals surface area contributed by atoms with Crippen LogP contribution in [0.25, 0.3) is 0 Å². The molecule has 1 aromatic carbocycles. The topological polar surface area (TPSA) is 61.5 Å². The maximum absolute atomic E-state index is 13.4. The van der Waals surface area contributed by atoms with Crippen molar-refractivity contribution in [1.29, 1.82) is 0 Å². The van der Waals surface area contributed by atoms with E-state index in [1.165, 1.54) is 7.11 Å². The van der Waals surface area contributed by atoms with Crippen molar-refractivity contribution in [3.8, 4) is 0 Å². The average molecular weight is 245 g/mol.